The molecule has 3 fully saturated rings. The third kappa shape index (κ3) is 6.23. The Bertz CT molecular complexity index is 931. The zero-order valence-electron chi connectivity index (χ0n) is 21.9. The van der Waals surface area contributed by atoms with Gasteiger partial charge in [0.05, 0.1) is 12.1 Å². The first-order chi connectivity index (χ1) is 17.2. The van der Waals surface area contributed by atoms with E-state index in [4.69, 9.17) is 11.6 Å². The highest BCUT2D eigenvalue weighted by molar-refractivity contribution is 6.30. The van der Waals surface area contributed by atoms with Crippen molar-refractivity contribution >= 4 is 29.3 Å². The Labute approximate surface area is 220 Å². The number of rotatable bonds is 8. The van der Waals surface area contributed by atoms with Crippen LogP contribution in [0.15, 0.2) is 24.3 Å². The summed E-state index contributed by atoms with van der Waals surface area (Å²) in [4.78, 5) is 46.0. The molecule has 7 nitrogen and oxygen atoms in total. The lowest BCUT2D eigenvalue weighted by Crippen LogP contribution is -2.59. The predicted octanol–water partition coefficient (Wildman–Crippen LogP) is 3.49. The third-order valence-electron chi connectivity index (χ3n) is 8.14. The Morgan fingerprint density at radius 3 is 2.28 bits per heavy atom. The Balaban J connectivity index is 1.48. The molecule has 198 valence electrons. The van der Waals surface area contributed by atoms with Crippen molar-refractivity contribution in [3.63, 3.8) is 0 Å². The molecule has 1 saturated carbocycles. The SMILES string of the molecule is CC(C)C(=O)N(C1CCCCC1)[C@H]1CCN(C(=O)[C@@H](Cc2ccc(Cl)cc2)NC(=O)[C@@H]2CCN2C)C1. The van der Waals surface area contributed by atoms with Crippen LogP contribution >= 0.6 is 11.6 Å². The smallest absolute Gasteiger partial charge is 0.245 e. The van der Waals surface area contributed by atoms with Crippen LogP contribution in [0.4, 0.5) is 0 Å². The molecule has 3 amide bonds. The molecule has 0 bridgehead atoms. The summed E-state index contributed by atoms with van der Waals surface area (Å²) in [6.07, 6.45) is 7.66. The van der Waals surface area contributed by atoms with Crippen LogP contribution in [0.25, 0.3) is 0 Å². The van der Waals surface area contributed by atoms with Gasteiger partial charge in [-0.25, -0.2) is 0 Å². The largest absolute Gasteiger partial charge is 0.343 e. The van der Waals surface area contributed by atoms with Gasteiger partial charge >= 0.3 is 0 Å². The number of nitrogens with one attached hydrogen (secondary N) is 1. The first-order valence-corrected chi connectivity index (χ1v) is 14.0. The van der Waals surface area contributed by atoms with Gasteiger partial charge in [-0.15, -0.1) is 0 Å². The fraction of sp³-hybridized carbons (Fsp3) is 0.679. The van der Waals surface area contributed by atoms with E-state index in [0.717, 1.165) is 50.6 Å². The molecule has 2 aliphatic heterocycles. The van der Waals surface area contributed by atoms with E-state index in [2.05, 4.69) is 10.2 Å². The normalized spacial score (nSPS) is 23.9. The van der Waals surface area contributed by atoms with Gasteiger partial charge in [0.1, 0.15) is 6.04 Å². The molecule has 4 rings (SSSR count). The van der Waals surface area contributed by atoms with Gasteiger partial charge in [0.25, 0.3) is 0 Å². The third-order valence-corrected chi connectivity index (χ3v) is 8.39. The highest BCUT2D eigenvalue weighted by Gasteiger charge is 2.40. The van der Waals surface area contributed by atoms with E-state index in [9.17, 15) is 14.4 Å². The molecule has 2 saturated heterocycles. The lowest BCUT2D eigenvalue weighted by atomic mass is 9.92. The quantitative estimate of drug-likeness (QED) is 0.574. The molecule has 0 spiro atoms. The number of hydrogen-bond acceptors (Lipinski definition) is 4. The minimum atomic E-state index is -0.643. The maximum atomic E-state index is 13.8. The van der Waals surface area contributed by atoms with E-state index >= 15 is 0 Å². The van der Waals surface area contributed by atoms with Gasteiger partial charge in [0.2, 0.25) is 17.7 Å². The summed E-state index contributed by atoms with van der Waals surface area (Å²) in [7, 11) is 1.93. The van der Waals surface area contributed by atoms with Crippen molar-refractivity contribution in [2.75, 3.05) is 26.7 Å². The average molecular weight is 517 g/mol. The summed E-state index contributed by atoms with van der Waals surface area (Å²) in [6, 6.07) is 6.92. The lowest BCUT2D eigenvalue weighted by molar-refractivity contribution is -0.141. The zero-order valence-corrected chi connectivity index (χ0v) is 22.7. The molecule has 8 heteroatoms. The van der Waals surface area contributed by atoms with Gasteiger partial charge in [-0.05, 0) is 50.4 Å². The van der Waals surface area contributed by atoms with Crippen LogP contribution in [0.5, 0.6) is 0 Å². The molecule has 3 aliphatic rings. The summed E-state index contributed by atoms with van der Waals surface area (Å²) in [5.41, 5.74) is 0.953. The summed E-state index contributed by atoms with van der Waals surface area (Å²) < 4.78 is 0. The van der Waals surface area contributed by atoms with Crippen LogP contribution in [0, 0.1) is 5.92 Å². The predicted molar refractivity (Wildman–Crippen MR) is 142 cm³/mol. The fourth-order valence-electron chi connectivity index (χ4n) is 5.88. The Morgan fingerprint density at radius 1 is 1.00 bits per heavy atom. The van der Waals surface area contributed by atoms with E-state index in [1.54, 1.807) is 0 Å². The number of likely N-dealkylation sites (tertiary alicyclic amines) is 2. The molecule has 3 atom stereocenters. The Morgan fingerprint density at radius 2 is 1.69 bits per heavy atom. The number of hydrogen-bond donors (Lipinski definition) is 1. The molecule has 1 N–H and O–H groups in total. The number of benzene rings is 1. The molecule has 1 aromatic rings. The van der Waals surface area contributed by atoms with Crippen LogP contribution in [0.2, 0.25) is 5.02 Å². The summed E-state index contributed by atoms with van der Waals surface area (Å²) in [6.45, 7) is 5.96. The average Bonchev–Trinajstić information content (AvgIpc) is 3.34. The first-order valence-electron chi connectivity index (χ1n) is 13.6. The summed E-state index contributed by atoms with van der Waals surface area (Å²) in [5.74, 6) is -0.0256. The molecular formula is C28H41ClN4O3. The number of carbonyl (C=O) groups excluding carboxylic acids is 3. The monoisotopic (exact) mass is 516 g/mol. The fourth-order valence-corrected chi connectivity index (χ4v) is 6.00. The van der Waals surface area contributed by atoms with Crippen molar-refractivity contribution in [3.8, 4) is 0 Å². The number of halogens is 1. The molecule has 0 unspecified atom stereocenters. The maximum Gasteiger partial charge on any atom is 0.245 e. The molecule has 0 aromatic heterocycles. The van der Waals surface area contributed by atoms with Crippen LogP contribution in [0.3, 0.4) is 0 Å². The van der Waals surface area contributed by atoms with Gasteiger partial charge < -0.3 is 15.1 Å². The summed E-state index contributed by atoms with van der Waals surface area (Å²) in [5, 5.41) is 3.69. The van der Waals surface area contributed by atoms with E-state index in [1.165, 1.54) is 6.42 Å². The van der Waals surface area contributed by atoms with Crippen molar-refractivity contribution in [2.45, 2.75) is 89.4 Å². The van der Waals surface area contributed by atoms with Crippen molar-refractivity contribution < 1.29 is 14.4 Å². The molecule has 1 aromatic carbocycles. The maximum absolute atomic E-state index is 13.8. The molecule has 36 heavy (non-hydrogen) atoms. The van der Waals surface area contributed by atoms with Crippen molar-refractivity contribution in [2.24, 2.45) is 5.92 Å². The van der Waals surface area contributed by atoms with E-state index in [-0.39, 0.29) is 41.8 Å². The standard InChI is InChI=1S/C28H41ClN4O3/c1-19(2)27(35)33(22-7-5-4-6-8-22)23-13-16-32(18-23)28(36)24(17-20-9-11-21(29)12-10-20)30-26(34)25-14-15-31(25)3/h9-12,19,22-25H,4-8,13-18H2,1-3H3,(H,30,34)/t23-,24+,25-/m0/s1. The summed E-state index contributed by atoms with van der Waals surface area (Å²) >= 11 is 6.06. The van der Waals surface area contributed by atoms with Crippen molar-refractivity contribution in [1.82, 2.24) is 20.0 Å². The Kier molecular flexibility index (Phi) is 8.94. The van der Waals surface area contributed by atoms with Crippen LogP contribution < -0.4 is 5.32 Å². The van der Waals surface area contributed by atoms with Crippen molar-refractivity contribution in [1.29, 1.82) is 0 Å². The lowest BCUT2D eigenvalue weighted by Gasteiger charge is -2.40. The van der Waals surface area contributed by atoms with Gasteiger partial charge in [0, 0.05) is 43.0 Å². The van der Waals surface area contributed by atoms with E-state index in [0.29, 0.717) is 24.5 Å². The van der Waals surface area contributed by atoms with Gasteiger partial charge in [-0.2, -0.15) is 0 Å². The Hall–Kier alpha value is -2.12. The number of amides is 3. The van der Waals surface area contributed by atoms with E-state index < -0.39 is 6.04 Å². The zero-order chi connectivity index (χ0) is 25.8. The minimum Gasteiger partial charge on any atom is -0.343 e. The van der Waals surface area contributed by atoms with Crippen LogP contribution in [-0.4, -0.2) is 83.3 Å². The van der Waals surface area contributed by atoms with Gasteiger partial charge in [-0.1, -0.05) is 56.8 Å². The second-order valence-corrected chi connectivity index (χ2v) is 11.5. The van der Waals surface area contributed by atoms with Gasteiger partial charge in [0.15, 0.2) is 0 Å². The topological polar surface area (TPSA) is 73.0 Å². The number of carbonyl (C=O) groups is 3. The van der Waals surface area contributed by atoms with Gasteiger partial charge in [-0.3, -0.25) is 19.3 Å². The molecule has 1 aliphatic carbocycles. The highest BCUT2D eigenvalue weighted by atomic mass is 35.5. The van der Waals surface area contributed by atoms with Crippen LogP contribution in [0.1, 0.15) is 64.4 Å². The van der Waals surface area contributed by atoms with Crippen molar-refractivity contribution in [3.05, 3.63) is 34.9 Å². The highest BCUT2D eigenvalue weighted by Crippen LogP contribution is 2.29. The molecule has 2 heterocycles. The van der Waals surface area contributed by atoms with E-state index in [1.807, 2.05) is 55.0 Å². The molecule has 0 radical (unpaired) electrons. The number of likely N-dealkylation sites (N-methyl/N-ethyl adjacent to an activating group) is 1. The minimum absolute atomic E-state index is 0.0385. The second kappa shape index (κ2) is 12.0. The second-order valence-electron chi connectivity index (χ2n) is 11.1. The first kappa shape index (κ1) is 26.9. The molecular weight excluding hydrogens is 476 g/mol. The van der Waals surface area contributed by atoms with Crippen LogP contribution in [-0.2, 0) is 20.8 Å². The number of nitrogens with zero attached hydrogens (tertiary/aromatic N) is 3.